The average Bonchev–Trinajstić information content (AvgIpc) is 3.83. The second-order valence-electron chi connectivity index (χ2n) is 12.1. The van der Waals surface area contributed by atoms with E-state index in [2.05, 4.69) is 6.07 Å². The van der Waals surface area contributed by atoms with E-state index in [9.17, 15) is 4.79 Å². The van der Waals surface area contributed by atoms with Crippen molar-refractivity contribution >= 4 is 33.2 Å². The highest BCUT2D eigenvalue weighted by Crippen LogP contribution is 2.42. The van der Waals surface area contributed by atoms with Gasteiger partial charge in [0.15, 0.2) is 34.5 Å². The summed E-state index contributed by atoms with van der Waals surface area (Å²) in [5.74, 6) is 3.95. The number of ether oxygens (including phenoxy) is 7. The standard InChI is InChI=1S/C40H43N3O8S/c1-25(44)43-31(24-30(42-43)28-22-36(47-4)39(49-6)37(23-28)48-5)26-14-16-32(45-2)35(20-26)51-19-11-7-10-18-50-33-17-15-27(21-34(33)46-3)40-41-29-12-8-9-13-38(29)52-40/h8-9,12-17,20-23,31H,7,10-11,18-19,24H2,1-6H3. The third-order valence-electron chi connectivity index (χ3n) is 8.81. The number of hydrogen-bond acceptors (Lipinski definition) is 11. The van der Waals surface area contributed by atoms with Gasteiger partial charge in [0.2, 0.25) is 11.7 Å². The molecule has 1 unspecified atom stereocenters. The molecule has 1 amide bonds. The molecule has 0 bridgehead atoms. The second-order valence-corrected chi connectivity index (χ2v) is 13.1. The number of unbranched alkanes of at least 4 members (excludes halogenated alkanes) is 2. The third-order valence-corrected chi connectivity index (χ3v) is 9.90. The molecule has 0 saturated heterocycles. The molecule has 0 saturated carbocycles. The molecule has 1 aliphatic heterocycles. The molecule has 6 rings (SSSR count). The Morgan fingerprint density at radius 3 is 2.02 bits per heavy atom. The Kier molecular flexibility index (Phi) is 11.6. The zero-order chi connectivity index (χ0) is 36.6. The fourth-order valence-electron chi connectivity index (χ4n) is 6.16. The van der Waals surface area contributed by atoms with Crippen LogP contribution in [0.25, 0.3) is 20.8 Å². The maximum absolute atomic E-state index is 12.8. The molecule has 1 aliphatic rings. The van der Waals surface area contributed by atoms with Crippen LogP contribution in [0.2, 0.25) is 0 Å². The van der Waals surface area contributed by atoms with Crippen molar-refractivity contribution in [1.29, 1.82) is 0 Å². The first-order chi connectivity index (χ1) is 25.4. The largest absolute Gasteiger partial charge is 0.493 e. The zero-order valence-electron chi connectivity index (χ0n) is 30.3. The van der Waals surface area contributed by atoms with Crippen LogP contribution in [0.5, 0.6) is 40.2 Å². The number of carbonyl (C=O) groups is 1. The van der Waals surface area contributed by atoms with Crippen molar-refractivity contribution in [3.8, 4) is 50.8 Å². The molecule has 0 aliphatic carbocycles. The monoisotopic (exact) mass is 725 g/mol. The molecule has 4 aromatic carbocycles. The molecule has 272 valence electrons. The summed E-state index contributed by atoms with van der Waals surface area (Å²) in [6.07, 6.45) is 3.06. The molecule has 2 heterocycles. The lowest BCUT2D eigenvalue weighted by molar-refractivity contribution is -0.130. The van der Waals surface area contributed by atoms with Crippen molar-refractivity contribution in [2.24, 2.45) is 5.10 Å². The van der Waals surface area contributed by atoms with Gasteiger partial charge in [-0.15, -0.1) is 11.3 Å². The maximum Gasteiger partial charge on any atom is 0.240 e. The van der Waals surface area contributed by atoms with Gasteiger partial charge in [-0.05, 0) is 79.4 Å². The van der Waals surface area contributed by atoms with Crippen LogP contribution in [0.15, 0.2) is 77.9 Å². The van der Waals surface area contributed by atoms with E-state index in [1.807, 2.05) is 66.7 Å². The van der Waals surface area contributed by atoms with Crippen LogP contribution in [-0.4, -0.2) is 70.4 Å². The number of hydrogen-bond donors (Lipinski definition) is 0. The molecule has 0 fully saturated rings. The number of methoxy groups -OCH3 is 5. The van der Waals surface area contributed by atoms with E-state index < -0.39 is 0 Å². The minimum Gasteiger partial charge on any atom is -0.493 e. The SMILES string of the molecule is COc1cc(-c2nc3ccccc3s2)ccc1OCCCCCOc1cc(C2CC(c3cc(OC)c(OC)c(OC)c3)=NN2C(C)=O)ccc1OC. The number of benzene rings is 4. The van der Waals surface area contributed by atoms with Gasteiger partial charge in [0, 0.05) is 24.5 Å². The molecule has 0 radical (unpaired) electrons. The van der Waals surface area contributed by atoms with Crippen molar-refractivity contribution in [3.05, 3.63) is 83.9 Å². The average molecular weight is 726 g/mol. The summed E-state index contributed by atoms with van der Waals surface area (Å²) in [5.41, 5.74) is 4.37. The molecule has 0 spiro atoms. The summed E-state index contributed by atoms with van der Waals surface area (Å²) >= 11 is 1.66. The summed E-state index contributed by atoms with van der Waals surface area (Å²) in [7, 11) is 7.96. The minimum absolute atomic E-state index is 0.172. The fraction of sp³-hybridized carbons (Fsp3) is 0.325. The summed E-state index contributed by atoms with van der Waals surface area (Å²) in [6, 6.07) is 23.1. The van der Waals surface area contributed by atoms with E-state index in [4.69, 9.17) is 43.2 Å². The predicted octanol–water partition coefficient (Wildman–Crippen LogP) is 8.33. The number of thiazole rings is 1. The fourth-order valence-corrected chi connectivity index (χ4v) is 7.12. The number of para-hydroxylation sites is 1. The number of fused-ring (bicyclic) bond motifs is 1. The summed E-state index contributed by atoms with van der Waals surface area (Å²) in [4.78, 5) is 17.5. The van der Waals surface area contributed by atoms with E-state index in [1.54, 1.807) is 46.9 Å². The topological polar surface area (TPSA) is 110 Å². The van der Waals surface area contributed by atoms with Gasteiger partial charge in [0.1, 0.15) is 5.01 Å². The number of hydrazone groups is 1. The number of carbonyl (C=O) groups excluding carboxylic acids is 1. The van der Waals surface area contributed by atoms with Crippen molar-refractivity contribution < 1.29 is 38.0 Å². The van der Waals surface area contributed by atoms with Crippen molar-refractivity contribution in [2.75, 3.05) is 48.8 Å². The lowest BCUT2D eigenvalue weighted by atomic mass is 9.97. The molecule has 0 N–H and O–H groups in total. The smallest absolute Gasteiger partial charge is 0.240 e. The quantitative estimate of drug-likeness (QED) is 0.0928. The Balaban J connectivity index is 1.04. The molecule has 1 atom stereocenters. The molecular weight excluding hydrogens is 683 g/mol. The van der Waals surface area contributed by atoms with Gasteiger partial charge in [0.05, 0.1) is 70.7 Å². The number of rotatable bonds is 16. The summed E-state index contributed by atoms with van der Waals surface area (Å²) < 4.78 is 41.3. The van der Waals surface area contributed by atoms with E-state index in [0.717, 1.165) is 56.9 Å². The predicted molar refractivity (Wildman–Crippen MR) is 202 cm³/mol. The Hall–Kier alpha value is -5.49. The van der Waals surface area contributed by atoms with Gasteiger partial charge in [-0.25, -0.2) is 9.99 Å². The van der Waals surface area contributed by atoms with Crippen molar-refractivity contribution in [2.45, 2.75) is 38.6 Å². The molecule has 1 aromatic heterocycles. The first kappa shape index (κ1) is 36.3. The third kappa shape index (κ3) is 7.86. The minimum atomic E-state index is -0.329. The van der Waals surface area contributed by atoms with E-state index >= 15 is 0 Å². The van der Waals surface area contributed by atoms with Gasteiger partial charge in [0.25, 0.3) is 0 Å². The molecular formula is C40H43N3O8S. The normalized spacial score (nSPS) is 13.8. The summed E-state index contributed by atoms with van der Waals surface area (Å²) in [6.45, 7) is 2.55. The van der Waals surface area contributed by atoms with Gasteiger partial charge in [-0.3, -0.25) is 4.79 Å². The maximum atomic E-state index is 12.8. The lowest BCUT2D eigenvalue weighted by Crippen LogP contribution is -2.24. The van der Waals surface area contributed by atoms with Gasteiger partial charge >= 0.3 is 0 Å². The molecule has 5 aromatic rings. The van der Waals surface area contributed by atoms with Gasteiger partial charge in [-0.2, -0.15) is 5.10 Å². The van der Waals surface area contributed by atoms with Crippen LogP contribution in [0, 0.1) is 0 Å². The molecule has 11 nitrogen and oxygen atoms in total. The first-order valence-electron chi connectivity index (χ1n) is 17.0. The Morgan fingerprint density at radius 1 is 0.712 bits per heavy atom. The highest BCUT2D eigenvalue weighted by atomic mass is 32.1. The van der Waals surface area contributed by atoms with Gasteiger partial charge in [-0.1, -0.05) is 18.2 Å². The van der Waals surface area contributed by atoms with Crippen LogP contribution in [-0.2, 0) is 4.79 Å². The van der Waals surface area contributed by atoms with Crippen LogP contribution >= 0.6 is 11.3 Å². The van der Waals surface area contributed by atoms with E-state index in [-0.39, 0.29) is 11.9 Å². The van der Waals surface area contributed by atoms with Crippen LogP contribution in [0.3, 0.4) is 0 Å². The van der Waals surface area contributed by atoms with Gasteiger partial charge < -0.3 is 33.2 Å². The van der Waals surface area contributed by atoms with E-state index in [0.29, 0.717) is 59.9 Å². The van der Waals surface area contributed by atoms with Crippen LogP contribution in [0.4, 0.5) is 0 Å². The van der Waals surface area contributed by atoms with Crippen molar-refractivity contribution in [1.82, 2.24) is 9.99 Å². The molecule has 12 heteroatoms. The molecule has 52 heavy (non-hydrogen) atoms. The number of nitrogens with zero attached hydrogens (tertiary/aromatic N) is 3. The lowest BCUT2D eigenvalue weighted by Gasteiger charge is -2.22. The number of aromatic nitrogens is 1. The highest BCUT2D eigenvalue weighted by Gasteiger charge is 2.33. The van der Waals surface area contributed by atoms with E-state index in [1.165, 1.54) is 11.9 Å². The Morgan fingerprint density at radius 2 is 1.37 bits per heavy atom. The second kappa shape index (κ2) is 16.7. The van der Waals surface area contributed by atoms with Crippen LogP contribution in [0.1, 0.15) is 49.8 Å². The first-order valence-corrected chi connectivity index (χ1v) is 17.8. The number of amides is 1. The zero-order valence-corrected chi connectivity index (χ0v) is 31.1. The van der Waals surface area contributed by atoms with Crippen LogP contribution < -0.4 is 33.2 Å². The Labute approximate surface area is 307 Å². The highest BCUT2D eigenvalue weighted by molar-refractivity contribution is 7.21. The van der Waals surface area contributed by atoms with Crippen molar-refractivity contribution in [3.63, 3.8) is 0 Å². The summed E-state index contributed by atoms with van der Waals surface area (Å²) in [5, 5.41) is 7.16. The Bertz CT molecular complexity index is 2000.